The van der Waals surface area contributed by atoms with E-state index in [2.05, 4.69) is 33.3 Å². The van der Waals surface area contributed by atoms with Crippen LogP contribution in [0.1, 0.15) is 18.4 Å². The molecule has 1 aromatic rings. The largest absolute Gasteiger partial charge is 0.493 e. The van der Waals surface area contributed by atoms with Gasteiger partial charge in [0, 0.05) is 51.4 Å². The van der Waals surface area contributed by atoms with Gasteiger partial charge in [0.1, 0.15) is 12.4 Å². The average Bonchev–Trinajstić information content (AvgIpc) is 3.12. The van der Waals surface area contributed by atoms with Crippen molar-refractivity contribution >= 4 is 5.91 Å². The summed E-state index contributed by atoms with van der Waals surface area (Å²) in [5.74, 6) is 0.961. The van der Waals surface area contributed by atoms with E-state index >= 15 is 0 Å². The molecule has 28 heavy (non-hydrogen) atoms. The van der Waals surface area contributed by atoms with Gasteiger partial charge in [0.15, 0.2) is 0 Å². The summed E-state index contributed by atoms with van der Waals surface area (Å²) in [4.78, 5) is 16.2. The molecule has 1 spiro atoms. The number of amides is 1. The van der Waals surface area contributed by atoms with Crippen LogP contribution in [0.5, 0.6) is 5.75 Å². The first-order chi connectivity index (χ1) is 13.7. The van der Waals surface area contributed by atoms with Gasteiger partial charge < -0.3 is 19.5 Å². The van der Waals surface area contributed by atoms with Gasteiger partial charge >= 0.3 is 0 Å². The third-order valence-corrected chi connectivity index (χ3v) is 5.86. The van der Waals surface area contributed by atoms with E-state index < -0.39 is 0 Å². The lowest BCUT2D eigenvalue weighted by Crippen LogP contribution is -2.53. The smallest absolute Gasteiger partial charge is 0.246 e. The molecule has 154 valence electrons. The summed E-state index contributed by atoms with van der Waals surface area (Å²) < 4.78 is 17.4. The molecule has 0 bridgehead atoms. The number of carbonyl (C=O) groups is 1. The molecule has 1 amide bonds. The Morgan fingerprint density at radius 2 is 2.00 bits per heavy atom. The van der Waals surface area contributed by atoms with E-state index in [-0.39, 0.29) is 18.1 Å². The van der Waals surface area contributed by atoms with Crippen LogP contribution in [0.4, 0.5) is 0 Å². The maximum Gasteiger partial charge on any atom is 0.246 e. The lowest BCUT2D eigenvalue weighted by atomic mass is 10.0. The second-order valence-electron chi connectivity index (χ2n) is 7.97. The molecule has 3 heterocycles. The van der Waals surface area contributed by atoms with Gasteiger partial charge in [-0.3, -0.25) is 14.6 Å². The van der Waals surface area contributed by atoms with Gasteiger partial charge in [-0.2, -0.15) is 0 Å². The Kier molecular flexibility index (Phi) is 6.47. The molecule has 7 heteroatoms. The Hall–Kier alpha value is -1.67. The summed E-state index contributed by atoms with van der Waals surface area (Å²) in [6.45, 7) is 8.97. The summed E-state index contributed by atoms with van der Waals surface area (Å²) in [5.41, 5.74) is 0.993. The van der Waals surface area contributed by atoms with Gasteiger partial charge in [0.2, 0.25) is 5.91 Å². The number of benzene rings is 1. The second kappa shape index (κ2) is 9.22. The van der Waals surface area contributed by atoms with Crippen LogP contribution in [-0.4, -0.2) is 87.0 Å². The predicted molar refractivity (Wildman–Crippen MR) is 105 cm³/mol. The van der Waals surface area contributed by atoms with Crippen LogP contribution in [-0.2, 0) is 20.8 Å². The zero-order chi connectivity index (χ0) is 19.2. The Balaban J connectivity index is 1.25. The summed E-state index contributed by atoms with van der Waals surface area (Å²) in [7, 11) is 0. The molecule has 4 rings (SSSR count). The first-order valence-electron chi connectivity index (χ1n) is 10.4. The van der Waals surface area contributed by atoms with E-state index in [4.69, 9.17) is 14.2 Å². The van der Waals surface area contributed by atoms with E-state index in [0.29, 0.717) is 6.54 Å². The number of rotatable bonds is 7. The first-order valence-corrected chi connectivity index (χ1v) is 10.4. The van der Waals surface area contributed by atoms with Crippen LogP contribution in [0.3, 0.4) is 0 Å². The highest BCUT2D eigenvalue weighted by Crippen LogP contribution is 2.29. The van der Waals surface area contributed by atoms with E-state index in [1.54, 1.807) is 0 Å². The van der Waals surface area contributed by atoms with Gasteiger partial charge in [0.05, 0.1) is 25.4 Å². The number of nitrogens with zero attached hydrogens (tertiary/aromatic N) is 2. The number of ether oxygens (including phenoxy) is 3. The van der Waals surface area contributed by atoms with Gasteiger partial charge in [-0.25, -0.2) is 0 Å². The number of nitrogens with one attached hydrogen (secondary N) is 1. The van der Waals surface area contributed by atoms with Crippen molar-refractivity contribution in [3.05, 3.63) is 29.8 Å². The number of hydrogen-bond acceptors (Lipinski definition) is 6. The summed E-state index contributed by atoms with van der Waals surface area (Å²) in [6.07, 6.45) is 1.98. The third-order valence-electron chi connectivity index (χ3n) is 5.86. The second-order valence-corrected chi connectivity index (χ2v) is 7.97. The molecule has 7 nitrogen and oxygen atoms in total. The fourth-order valence-electron chi connectivity index (χ4n) is 4.22. The summed E-state index contributed by atoms with van der Waals surface area (Å²) >= 11 is 0. The highest BCUT2D eigenvalue weighted by atomic mass is 16.5. The lowest BCUT2D eigenvalue weighted by molar-refractivity contribution is -0.142. The predicted octanol–water partition coefficient (Wildman–Crippen LogP) is 0.879. The van der Waals surface area contributed by atoms with Gasteiger partial charge in [-0.15, -0.1) is 0 Å². The van der Waals surface area contributed by atoms with Crippen LogP contribution in [0.25, 0.3) is 0 Å². The fourth-order valence-corrected chi connectivity index (χ4v) is 4.22. The molecule has 3 aliphatic rings. The molecule has 3 fully saturated rings. The van der Waals surface area contributed by atoms with Crippen LogP contribution < -0.4 is 10.1 Å². The maximum atomic E-state index is 11.4. The monoisotopic (exact) mass is 389 g/mol. The Bertz CT molecular complexity index is 653. The number of hydrogen-bond donors (Lipinski definition) is 1. The molecule has 0 saturated carbocycles. The molecule has 1 atom stereocenters. The molecular weight excluding hydrogens is 358 g/mol. The van der Waals surface area contributed by atoms with E-state index in [0.717, 1.165) is 77.7 Å². The van der Waals surface area contributed by atoms with Crippen molar-refractivity contribution in [1.29, 1.82) is 0 Å². The minimum absolute atomic E-state index is 0.0140. The molecule has 3 saturated heterocycles. The van der Waals surface area contributed by atoms with Crippen LogP contribution in [0, 0.1) is 0 Å². The maximum absolute atomic E-state index is 11.4. The van der Waals surface area contributed by atoms with Crippen LogP contribution in [0.15, 0.2) is 24.3 Å². The molecule has 1 unspecified atom stereocenters. The van der Waals surface area contributed by atoms with E-state index in [9.17, 15) is 4.79 Å². The van der Waals surface area contributed by atoms with Crippen molar-refractivity contribution < 1.29 is 19.0 Å². The first kappa shape index (κ1) is 19.6. The van der Waals surface area contributed by atoms with Gasteiger partial charge in [-0.05, 0) is 18.9 Å². The lowest BCUT2D eigenvalue weighted by Gasteiger charge is -2.33. The quantitative estimate of drug-likeness (QED) is 0.699. The van der Waals surface area contributed by atoms with Crippen molar-refractivity contribution in [2.45, 2.75) is 25.0 Å². The standard InChI is InChI=1S/C21H31N3O4/c25-20-15-28-21(16-22-20)6-8-24(17-21)14-18-4-1-2-5-19(18)27-11-3-7-23-9-12-26-13-10-23/h1-2,4-5H,3,6-17H2,(H,22,25). The molecule has 0 radical (unpaired) electrons. The Morgan fingerprint density at radius 3 is 2.82 bits per heavy atom. The Morgan fingerprint density at radius 1 is 1.14 bits per heavy atom. The van der Waals surface area contributed by atoms with Crippen molar-refractivity contribution in [3.8, 4) is 5.75 Å². The number of carbonyl (C=O) groups excluding carboxylic acids is 1. The van der Waals surface area contributed by atoms with Crippen LogP contribution >= 0.6 is 0 Å². The highest BCUT2D eigenvalue weighted by Gasteiger charge is 2.42. The molecule has 1 aromatic carbocycles. The summed E-state index contributed by atoms with van der Waals surface area (Å²) in [5, 5.41) is 2.94. The SMILES string of the molecule is O=C1COC2(CCN(Cc3ccccc3OCCCN3CCOCC3)C2)CN1. The van der Waals surface area contributed by atoms with Crippen LogP contribution in [0.2, 0.25) is 0 Å². The number of para-hydroxylation sites is 1. The van der Waals surface area contributed by atoms with Gasteiger partial charge in [0.25, 0.3) is 0 Å². The minimum Gasteiger partial charge on any atom is -0.493 e. The average molecular weight is 389 g/mol. The number of likely N-dealkylation sites (tertiary alicyclic amines) is 1. The molecular formula is C21H31N3O4. The molecule has 3 aliphatic heterocycles. The van der Waals surface area contributed by atoms with Gasteiger partial charge in [-0.1, -0.05) is 18.2 Å². The van der Waals surface area contributed by atoms with Crippen molar-refractivity contribution in [2.75, 3.05) is 65.7 Å². The number of morpholine rings is 2. The molecule has 0 aliphatic carbocycles. The zero-order valence-corrected chi connectivity index (χ0v) is 16.5. The zero-order valence-electron chi connectivity index (χ0n) is 16.5. The van der Waals surface area contributed by atoms with E-state index in [1.165, 1.54) is 5.56 Å². The molecule has 0 aromatic heterocycles. The normalized spacial score (nSPS) is 26.5. The fraction of sp³-hybridized carbons (Fsp3) is 0.667. The topological polar surface area (TPSA) is 63.3 Å². The Labute approximate surface area is 166 Å². The van der Waals surface area contributed by atoms with Crippen molar-refractivity contribution in [1.82, 2.24) is 15.1 Å². The van der Waals surface area contributed by atoms with E-state index in [1.807, 2.05) is 6.07 Å². The van der Waals surface area contributed by atoms with Crippen molar-refractivity contribution in [3.63, 3.8) is 0 Å². The third kappa shape index (κ3) is 5.03. The van der Waals surface area contributed by atoms with Crippen molar-refractivity contribution in [2.24, 2.45) is 0 Å². The summed E-state index contributed by atoms with van der Waals surface area (Å²) in [6, 6.07) is 8.31. The highest BCUT2D eigenvalue weighted by molar-refractivity contribution is 5.78. The minimum atomic E-state index is -0.220. The molecule has 1 N–H and O–H groups in total.